The van der Waals surface area contributed by atoms with Crippen molar-refractivity contribution in [3.63, 3.8) is 0 Å². The predicted molar refractivity (Wildman–Crippen MR) is 192 cm³/mol. The molecule has 5 nitrogen and oxygen atoms in total. The first-order chi connectivity index (χ1) is 22.4. The van der Waals surface area contributed by atoms with Crippen LogP contribution in [-0.2, 0) is 21.1 Å². The van der Waals surface area contributed by atoms with E-state index in [1.807, 2.05) is 41.3 Å². The number of ether oxygens (including phenoxy) is 1. The van der Waals surface area contributed by atoms with Crippen LogP contribution in [0.2, 0.25) is 0 Å². The summed E-state index contributed by atoms with van der Waals surface area (Å²) in [5, 5.41) is 6.99. The van der Waals surface area contributed by atoms with E-state index < -0.39 is 0 Å². The normalized spacial score (nSPS) is 11.4. The zero-order valence-corrected chi connectivity index (χ0v) is 31.0. The number of aromatic nitrogens is 4. The van der Waals surface area contributed by atoms with Gasteiger partial charge in [-0.2, -0.15) is 17.2 Å². The second-order valence-electron chi connectivity index (χ2n) is 11.7. The van der Waals surface area contributed by atoms with Crippen LogP contribution in [0, 0.1) is 26.0 Å². The number of hydrogen-bond acceptors (Lipinski definition) is 5. The van der Waals surface area contributed by atoms with Crippen LogP contribution in [-0.4, -0.2) is 31.8 Å². The molecule has 0 N–H and O–H groups in total. The van der Waals surface area contributed by atoms with Crippen LogP contribution in [0.4, 0.5) is 0 Å². The van der Waals surface area contributed by atoms with E-state index in [-0.39, 0.29) is 21.1 Å². The van der Waals surface area contributed by atoms with E-state index in [1.165, 1.54) is 32.0 Å². The van der Waals surface area contributed by atoms with Crippen molar-refractivity contribution in [2.75, 3.05) is 12.5 Å². The Labute approximate surface area is 299 Å². The number of thioether (sulfide) groups is 2. The number of nitrogens with zero attached hydrogens (tertiary/aromatic N) is 4. The molecular weight excluding hydrogens is 800 g/mol. The van der Waals surface area contributed by atoms with Gasteiger partial charge in [-0.05, 0) is 78.2 Å². The molecule has 238 valence electrons. The van der Waals surface area contributed by atoms with E-state index in [9.17, 15) is 0 Å². The molecule has 7 rings (SSSR count). The minimum atomic E-state index is 0. The van der Waals surface area contributed by atoms with Crippen molar-refractivity contribution in [3.05, 3.63) is 120 Å². The van der Waals surface area contributed by atoms with E-state index >= 15 is 0 Å². The van der Waals surface area contributed by atoms with Gasteiger partial charge in [0, 0.05) is 50.3 Å². The van der Waals surface area contributed by atoms with Crippen LogP contribution in [0.3, 0.4) is 0 Å². The minimum Gasteiger partial charge on any atom is -0.509 e. The van der Waals surface area contributed by atoms with Crippen LogP contribution in [0.25, 0.3) is 44.4 Å². The molecule has 0 saturated carbocycles. The van der Waals surface area contributed by atoms with Gasteiger partial charge in [0.25, 0.3) is 0 Å². The van der Waals surface area contributed by atoms with Crippen molar-refractivity contribution in [3.8, 4) is 34.1 Å². The number of para-hydroxylation sites is 1. The number of pyridine rings is 1. The summed E-state index contributed by atoms with van der Waals surface area (Å²) in [6, 6.07) is 31.8. The third kappa shape index (κ3) is 6.17. The summed E-state index contributed by atoms with van der Waals surface area (Å²) in [6.07, 6.45) is 10.2. The van der Waals surface area contributed by atoms with Gasteiger partial charge < -0.3 is 9.30 Å². The topological polar surface area (TPSA) is 44.9 Å². The largest absolute Gasteiger partial charge is 2.00 e. The molecule has 0 bridgehead atoms. The molecule has 0 atom stereocenters. The first kappa shape index (κ1) is 33.1. The molecule has 0 radical (unpaired) electrons. The first-order valence-corrected chi connectivity index (χ1v) is 17.7. The molecule has 0 spiro atoms. The quantitative estimate of drug-likeness (QED) is 0.113. The van der Waals surface area contributed by atoms with Gasteiger partial charge in [-0.15, -0.1) is 59.2 Å². The molecule has 0 unspecified atom stereocenters. The zero-order valence-electron chi connectivity index (χ0n) is 27.1. The Morgan fingerprint density at radius 3 is 2.30 bits per heavy atom. The van der Waals surface area contributed by atoms with Crippen LogP contribution in [0.15, 0.2) is 101 Å². The van der Waals surface area contributed by atoms with Gasteiger partial charge >= 0.3 is 21.1 Å². The molecule has 0 aliphatic heterocycles. The van der Waals surface area contributed by atoms with Gasteiger partial charge in [0.05, 0.1) is 6.20 Å². The number of benzene rings is 4. The van der Waals surface area contributed by atoms with Crippen LogP contribution < -0.4 is 4.74 Å². The molecule has 0 amide bonds. The van der Waals surface area contributed by atoms with E-state index in [0.29, 0.717) is 17.4 Å². The standard InChI is InChI=1S/C39H34N4OS2.Pt/c1-24(2)27-16-17-40-36(19-27)43-34-13-8-7-12-32(34)33-15-14-31(21-35(33)43)44-30-11-9-10-29(20-30)42-23-28(22-41-42)37-38(45-5)25(3)18-26(4)39(37)46-6;/h7-19,22-24H,1-6H3;/q-2;+2. The Kier molecular flexibility index (Phi) is 9.70. The molecule has 0 aliphatic carbocycles. The van der Waals surface area contributed by atoms with Crippen LogP contribution in [0.5, 0.6) is 11.5 Å². The van der Waals surface area contributed by atoms with E-state index in [0.717, 1.165) is 38.9 Å². The fraction of sp³-hybridized carbons (Fsp3) is 0.179. The maximum atomic E-state index is 6.40. The van der Waals surface area contributed by atoms with Gasteiger partial charge in [-0.3, -0.25) is 4.68 Å². The van der Waals surface area contributed by atoms with Gasteiger partial charge in [-0.25, -0.2) is 4.98 Å². The molecule has 0 saturated heterocycles. The fourth-order valence-electron chi connectivity index (χ4n) is 6.16. The molecule has 0 fully saturated rings. The number of hydrogen-bond donors (Lipinski definition) is 0. The Balaban J connectivity index is 0.00000386. The molecule has 3 heterocycles. The fourth-order valence-corrected chi connectivity index (χ4v) is 7.83. The smallest absolute Gasteiger partial charge is 0.509 e. The third-order valence-electron chi connectivity index (χ3n) is 8.32. The van der Waals surface area contributed by atoms with E-state index in [4.69, 9.17) is 14.8 Å². The van der Waals surface area contributed by atoms with E-state index in [2.05, 4.69) is 112 Å². The Morgan fingerprint density at radius 1 is 0.809 bits per heavy atom. The second-order valence-corrected chi connectivity index (χ2v) is 13.3. The summed E-state index contributed by atoms with van der Waals surface area (Å²) in [7, 11) is 0. The Hall–Kier alpha value is -3.77. The number of rotatable bonds is 8. The second kappa shape index (κ2) is 13.8. The number of aryl methyl sites for hydroxylation is 2. The predicted octanol–water partition coefficient (Wildman–Crippen LogP) is 10.6. The molecule has 7 aromatic rings. The molecular formula is C39H34N4OPtS2. The Morgan fingerprint density at radius 2 is 1.55 bits per heavy atom. The van der Waals surface area contributed by atoms with Crippen molar-refractivity contribution in [1.29, 1.82) is 0 Å². The van der Waals surface area contributed by atoms with Crippen molar-refractivity contribution in [2.45, 2.75) is 43.4 Å². The van der Waals surface area contributed by atoms with Crippen molar-refractivity contribution in [1.82, 2.24) is 19.3 Å². The maximum Gasteiger partial charge on any atom is 2.00 e. The van der Waals surface area contributed by atoms with Gasteiger partial charge in [0.15, 0.2) is 0 Å². The minimum absolute atomic E-state index is 0. The zero-order chi connectivity index (χ0) is 31.9. The van der Waals surface area contributed by atoms with Gasteiger partial charge in [0.2, 0.25) is 0 Å². The van der Waals surface area contributed by atoms with Crippen LogP contribution in [0.1, 0.15) is 36.5 Å². The maximum absolute atomic E-state index is 6.40. The third-order valence-corrected chi connectivity index (χ3v) is 10.2. The van der Waals surface area contributed by atoms with Crippen molar-refractivity contribution >= 4 is 45.3 Å². The van der Waals surface area contributed by atoms with E-state index in [1.54, 1.807) is 23.5 Å². The average Bonchev–Trinajstić information content (AvgIpc) is 3.68. The van der Waals surface area contributed by atoms with Gasteiger partial charge in [-0.1, -0.05) is 43.6 Å². The molecule has 8 heteroatoms. The summed E-state index contributed by atoms with van der Waals surface area (Å²) in [5.41, 5.74) is 8.93. The average molecular weight is 834 g/mol. The summed E-state index contributed by atoms with van der Waals surface area (Å²) < 4.78 is 10.4. The number of fused-ring (bicyclic) bond motifs is 3. The summed E-state index contributed by atoms with van der Waals surface area (Å²) in [4.78, 5) is 7.33. The molecule has 0 aliphatic rings. The molecule has 3 aromatic heterocycles. The summed E-state index contributed by atoms with van der Waals surface area (Å²) in [6.45, 7) is 8.76. The van der Waals surface area contributed by atoms with Crippen molar-refractivity contribution < 1.29 is 25.8 Å². The monoisotopic (exact) mass is 833 g/mol. The first-order valence-electron chi connectivity index (χ1n) is 15.3. The molecule has 47 heavy (non-hydrogen) atoms. The van der Waals surface area contributed by atoms with Crippen molar-refractivity contribution in [2.24, 2.45) is 0 Å². The molecule has 4 aromatic carbocycles. The SMILES string of the molecule is CSc1c(C)cc(C)c(SC)c1-c1cnn(-c2[c-]c(Oc3[c-]c4c(cc3)c3ccccc3n4-c3cc(C(C)C)ccn3)ccc2)c1.[Pt+2]. The summed E-state index contributed by atoms with van der Waals surface area (Å²) >= 11 is 3.56. The van der Waals surface area contributed by atoms with Gasteiger partial charge in [0.1, 0.15) is 5.82 Å². The summed E-state index contributed by atoms with van der Waals surface area (Å²) in [5.74, 6) is 2.46. The van der Waals surface area contributed by atoms with Crippen LogP contribution >= 0.6 is 23.5 Å². The Bertz CT molecular complexity index is 2210.